The molecule has 0 spiro atoms. The quantitative estimate of drug-likeness (QED) is 0.785. The molecule has 1 aliphatic heterocycles. The number of hydrogen-bond acceptors (Lipinski definition) is 3. The summed E-state index contributed by atoms with van der Waals surface area (Å²) >= 11 is 0. The molecule has 0 aromatic carbocycles. The minimum absolute atomic E-state index is 0.0292. The number of rotatable bonds is 4. The van der Waals surface area contributed by atoms with Gasteiger partial charge in [0.2, 0.25) is 5.91 Å². The Morgan fingerprint density at radius 3 is 2.56 bits per heavy atom. The fourth-order valence-electron chi connectivity index (χ4n) is 2.30. The number of amides is 1. The molecule has 0 saturated carbocycles. The first-order chi connectivity index (χ1) is 8.22. The van der Waals surface area contributed by atoms with Crippen LogP contribution in [0.3, 0.4) is 0 Å². The molecule has 1 amide bonds. The summed E-state index contributed by atoms with van der Waals surface area (Å²) in [6.45, 7) is 7.20. The van der Waals surface area contributed by atoms with Gasteiger partial charge in [-0.15, -0.1) is 0 Å². The molecule has 0 aromatic rings. The Morgan fingerprint density at radius 2 is 2.06 bits per heavy atom. The van der Waals surface area contributed by atoms with Gasteiger partial charge in [-0.3, -0.25) is 9.59 Å². The molecule has 0 radical (unpaired) electrons. The van der Waals surface area contributed by atoms with Crippen molar-refractivity contribution in [1.29, 1.82) is 0 Å². The van der Waals surface area contributed by atoms with Crippen molar-refractivity contribution in [2.45, 2.75) is 39.7 Å². The Kier molecular flexibility index (Phi) is 4.73. The summed E-state index contributed by atoms with van der Waals surface area (Å²) in [4.78, 5) is 25.1. The molecule has 1 saturated heterocycles. The second-order valence-corrected chi connectivity index (χ2v) is 6.07. The van der Waals surface area contributed by atoms with Gasteiger partial charge in [0.1, 0.15) is 0 Å². The number of likely N-dealkylation sites (tertiary alicyclic amines) is 1. The van der Waals surface area contributed by atoms with Crippen LogP contribution in [0.1, 0.15) is 33.6 Å². The molecule has 1 rings (SSSR count). The standard InChI is InChI=1S/C13H24N2O3/c1-9-8-15(4)6-5-10(9)14-11(16)7-13(2,3)12(17)18/h9-10H,5-8H2,1-4H3,(H,14,16)(H,17,18). The van der Waals surface area contributed by atoms with E-state index in [1.54, 1.807) is 13.8 Å². The van der Waals surface area contributed by atoms with Gasteiger partial charge in [0.05, 0.1) is 5.41 Å². The molecule has 0 bridgehead atoms. The largest absolute Gasteiger partial charge is 0.481 e. The summed E-state index contributed by atoms with van der Waals surface area (Å²) < 4.78 is 0. The van der Waals surface area contributed by atoms with E-state index in [2.05, 4.69) is 24.2 Å². The number of hydrogen-bond donors (Lipinski definition) is 2. The van der Waals surface area contributed by atoms with Crippen molar-refractivity contribution >= 4 is 11.9 Å². The Bertz CT molecular complexity index is 328. The minimum Gasteiger partial charge on any atom is -0.481 e. The van der Waals surface area contributed by atoms with Crippen LogP contribution in [0.2, 0.25) is 0 Å². The molecule has 1 fully saturated rings. The van der Waals surface area contributed by atoms with Gasteiger partial charge in [-0.25, -0.2) is 0 Å². The van der Waals surface area contributed by atoms with E-state index in [4.69, 9.17) is 5.11 Å². The van der Waals surface area contributed by atoms with E-state index in [0.29, 0.717) is 5.92 Å². The van der Waals surface area contributed by atoms with Crippen molar-refractivity contribution in [3.8, 4) is 0 Å². The van der Waals surface area contributed by atoms with Crippen molar-refractivity contribution in [2.75, 3.05) is 20.1 Å². The van der Waals surface area contributed by atoms with E-state index < -0.39 is 11.4 Å². The maximum absolute atomic E-state index is 11.9. The zero-order valence-corrected chi connectivity index (χ0v) is 11.7. The lowest BCUT2D eigenvalue weighted by molar-refractivity contribution is -0.149. The number of carboxylic acid groups (broad SMARTS) is 1. The third-order valence-electron chi connectivity index (χ3n) is 3.64. The van der Waals surface area contributed by atoms with E-state index in [-0.39, 0.29) is 18.4 Å². The molecular formula is C13H24N2O3. The summed E-state index contributed by atoms with van der Waals surface area (Å²) in [5.74, 6) is -0.696. The fourth-order valence-corrected chi connectivity index (χ4v) is 2.30. The average molecular weight is 256 g/mol. The summed E-state index contributed by atoms with van der Waals surface area (Å²) in [5, 5.41) is 12.0. The topological polar surface area (TPSA) is 69.6 Å². The number of nitrogens with zero attached hydrogens (tertiary/aromatic N) is 1. The lowest BCUT2D eigenvalue weighted by Crippen LogP contribution is -2.49. The highest BCUT2D eigenvalue weighted by molar-refractivity contribution is 5.84. The fraction of sp³-hybridized carbons (Fsp3) is 0.846. The predicted molar refractivity (Wildman–Crippen MR) is 69.2 cm³/mol. The van der Waals surface area contributed by atoms with Gasteiger partial charge < -0.3 is 15.3 Å². The second-order valence-electron chi connectivity index (χ2n) is 6.07. The lowest BCUT2D eigenvalue weighted by atomic mass is 9.88. The summed E-state index contributed by atoms with van der Waals surface area (Å²) in [6, 6.07) is 0.165. The third-order valence-corrected chi connectivity index (χ3v) is 3.64. The van der Waals surface area contributed by atoms with Gasteiger partial charge in [0, 0.05) is 19.0 Å². The number of aliphatic carboxylic acids is 1. The monoisotopic (exact) mass is 256 g/mol. The Balaban J connectivity index is 2.48. The summed E-state index contributed by atoms with van der Waals surface area (Å²) in [5.41, 5.74) is -1.00. The van der Waals surface area contributed by atoms with Gasteiger partial charge in [-0.1, -0.05) is 6.92 Å². The molecule has 2 unspecified atom stereocenters. The zero-order valence-electron chi connectivity index (χ0n) is 11.7. The molecule has 5 heteroatoms. The molecule has 0 aliphatic carbocycles. The first-order valence-electron chi connectivity index (χ1n) is 6.43. The van der Waals surface area contributed by atoms with Crippen LogP contribution in [-0.4, -0.2) is 48.1 Å². The minimum atomic E-state index is -1.00. The maximum Gasteiger partial charge on any atom is 0.309 e. The van der Waals surface area contributed by atoms with Crippen LogP contribution in [0.15, 0.2) is 0 Å². The van der Waals surface area contributed by atoms with Crippen LogP contribution in [0.5, 0.6) is 0 Å². The number of carbonyl (C=O) groups is 2. The van der Waals surface area contributed by atoms with Gasteiger partial charge in [-0.05, 0) is 39.8 Å². The van der Waals surface area contributed by atoms with Crippen molar-refractivity contribution < 1.29 is 14.7 Å². The van der Waals surface area contributed by atoms with Crippen LogP contribution >= 0.6 is 0 Å². The highest BCUT2D eigenvalue weighted by Gasteiger charge is 2.32. The number of nitrogens with one attached hydrogen (secondary N) is 1. The number of carboxylic acids is 1. The molecule has 5 nitrogen and oxygen atoms in total. The van der Waals surface area contributed by atoms with Crippen LogP contribution < -0.4 is 5.32 Å². The summed E-state index contributed by atoms with van der Waals surface area (Å²) in [7, 11) is 2.07. The van der Waals surface area contributed by atoms with E-state index in [0.717, 1.165) is 19.5 Å². The van der Waals surface area contributed by atoms with Crippen molar-refractivity contribution in [3.05, 3.63) is 0 Å². The number of piperidine rings is 1. The molecule has 104 valence electrons. The molecule has 0 aromatic heterocycles. The van der Waals surface area contributed by atoms with E-state index >= 15 is 0 Å². The van der Waals surface area contributed by atoms with Crippen LogP contribution in [0, 0.1) is 11.3 Å². The van der Waals surface area contributed by atoms with Gasteiger partial charge in [0.25, 0.3) is 0 Å². The third kappa shape index (κ3) is 3.98. The molecule has 1 aliphatic rings. The van der Waals surface area contributed by atoms with E-state index in [1.807, 2.05) is 0 Å². The van der Waals surface area contributed by atoms with E-state index in [1.165, 1.54) is 0 Å². The SMILES string of the molecule is CC1CN(C)CCC1NC(=O)CC(C)(C)C(=O)O. The van der Waals surface area contributed by atoms with Crippen molar-refractivity contribution in [2.24, 2.45) is 11.3 Å². The summed E-state index contributed by atoms with van der Waals surface area (Å²) in [6.07, 6.45) is 0.957. The molecule has 2 N–H and O–H groups in total. The first kappa shape index (κ1) is 15.0. The molecular weight excluding hydrogens is 232 g/mol. The van der Waals surface area contributed by atoms with Crippen molar-refractivity contribution in [3.63, 3.8) is 0 Å². The second kappa shape index (κ2) is 5.69. The van der Waals surface area contributed by atoms with Crippen LogP contribution in [-0.2, 0) is 9.59 Å². The average Bonchev–Trinajstić information content (AvgIpc) is 2.21. The molecule has 18 heavy (non-hydrogen) atoms. The smallest absolute Gasteiger partial charge is 0.309 e. The highest BCUT2D eigenvalue weighted by Crippen LogP contribution is 2.21. The van der Waals surface area contributed by atoms with Crippen molar-refractivity contribution in [1.82, 2.24) is 10.2 Å². The predicted octanol–water partition coefficient (Wildman–Crippen LogP) is 0.944. The maximum atomic E-state index is 11.9. The Morgan fingerprint density at radius 1 is 1.44 bits per heavy atom. The first-order valence-corrected chi connectivity index (χ1v) is 6.43. The van der Waals surface area contributed by atoms with Gasteiger partial charge >= 0.3 is 5.97 Å². The molecule has 1 heterocycles. The van der Waals surface area contributed by atoms with Gasteiger partial charge in [-0.2, -0.15) is 0 Å². The van der Waals surface area contributed by atoms with Crippen LogP contribution in [0.4, 0.5) is 0 Å². The number of carbonyl (C=O) groups excluding carboxylic acids is 1. The highest BCUT2D eigenvalue weighted by atomic mass is 16.4. The lowest BCUT2D eigenvalue weighted by Gasteiger charge is -2.35. The van der Waals surface area contributed by atoms with E-state index in [9.17, 15) is 9.59 Å². The molecule has 2 atom stereocenters. The normalized spacial score (nSPS) is 25.8. The van der Waals surface area contributed by atoms with Gasteiger partial charge in [0.15, 0.2) is 0 Å². The zero-order chi connectivity index (χ0) is 13.9. The Labute approximate surface area is 109 Å². The van der Waals surface area contributed by atoms with Crippen LogP contribution in [0.25, 0.3) is 0 Å². The Hall–Kier alpha value is -1.10.